The molecule has 0 radical (unpaired) electrons. The van der Waals surface area contributed by atoms with Crippen LogP contribution in [0.2, 0.25) is 5.02 Å². The second-order valence-electron chi connectivity index (χ2n) is 5.44. The number of aromatic nitrogens is 3. The summed E-state index contributed by atoms with van der Waals surface area (Å²) in [5, 5.41) is 12.0. The molecule has 2 aromatic heterocycles. The Morgan fingerprint density at radius 3 is 2.88 bits per heavy atom. The maximum absolute atomic E-state index is 13.1. The van der Waals surface area contributed by atoms with E-state index in [0.29, 0.717) is 10.8 Å². The summed E-state index contributed by atoms with van der Waals surface area (Å²) in [6, 6.07) is 6.64. The Hall–Kier alpha value is -1.37. The number of aryl methyl sites for hydroxylation is 1. The first-order valence-corrected chi connectivity index (χ1v) is 9.86. The Balaban J connectivity index is 1.74. The third-order valence-corrected chi connectivity index (χ3v) is 6.03. The Morgan fingerprint density at radius 1 is 1.29 bits per heavy atom. The highest BCUT2D eigenvalue weighted by Crippen LogP contribution is 2.30. The zero-order valence-corrected chi connectivity index (χ0v) is 15.8. The van der Waals surface area contributed by atoms with Crippen LogP contribution in [0.15, 0.2) is 34.8 Å². The van der Waals surface area contributed by atoms with Crippen LogP contribution < -0.4 is 0 Å². The van der Waals surface area contributed by atoms with Crippen molar-refractivity contribution in [2.24, 2.45) is 7.05 Å². The predicted octanol–water partition coefficient (Wildman–Crippen LogP) is 5.58. The molecule has 0 N–H and O–H groups in total. The van der Waals surface area contributed by atoms with Crippen LogP contribution in [-0.2, 0) is 19.2 Å². The third kappa shape index (κ3) is 3.82. The molecule has 3 aromatic rings. The summed E-state index contributed by atoms with van der Waals surface area (Å²) in [5.74, 6) is 1.16. The second kappa shape index (κ2) is 7.68. The Kier molecular flexibility index (Phi) is 5.58. The van der Waals surface area contributed by atoms with E-state index >= 15 is 0 Å². The van der Waals surface area contributed by atoms with Gasteiger partial charge in [-0.15, -0.1) is 21.5 Å². The quantitative estimate of drug-likeness (QED) is 0.522. The van der Waals surface area contributed by atoms with Crippen LogP contribution in [0, 0.1) is 5.82 Å². The van der Waals surface area contributed by atoms with Crippen molar-refractivity contribution in [3.63, 3.8) is 0 Å². The number of nitrogens with zero attached hydrogens (tertiary/aromatic N) is 3. The van der Waals surface area contributed by atoms with Crippen molar-refractivity contribution in [1.29, 1.82) is 0 Å². The fraction of sp³-hybridized carbons (Fsp3) is 0.294. The highest BCUT2D eigenvalue weighted by molar-refractivity contribution is 7.98. The minimum absolute atomic E-state index is 0.324. The fourth-order valence-corrected chi connectivity index (χ4v) is 4.55. The molecular weight excluding hydrogens is 365 g/mol. The van der Waals surface area contributed by atoms with Gasteiger partial charge in [0.25, 0.3) is 0 Å². The van der Waals surface area contributed by atoms with Gasteiger partial charge in [-0.05, 0) is 30.2 Å². The molecular formula is C17H17ClFN3S2. The van der Waals surface area contributed by atoms with Gasteiger partial charge < -0.3 is 4.57 Å². The van der Waals surface area contributed by atoms with Gasteiger partial charge >= 0.3 is 0 Å². The van der Waals surface area contributed by atoms with E-state index in [1.807, 2.05) is 11.6 Å². The minimum Gasteiger partial charge on any atom is -0.305 e. The first-order valence-electron chi connectivity index (χ1n) is 7.62. The van der Waals surface area contributed by atoms with E-state index in [1.54, 1.807) is 17.4 Å². The first-order chi connectivity index (χ1) is 11.6. The van der Waals surface area contributed by atoms with E-state index < -0.39 is 0 Å². The van der Waals surface area contributed by atoms with Crippen LogP contribution in [0.25, 0.3) is 11.4 Å². The first kappa shape index (κ1) is 17.5. The molecule has 3 nitrogen and oxygen atoms in total. The number of hydrogen-bond acceptors (Lipinski definition) is 4. The number of halogens is 2. The highest BCUT2D eigenvalue weighted by atomic mass is 35.5. The molecule has 0 bridgehead atoms. The summed E-state index contributed by atoms with van der Waals surface area (Å²) in [6.07, 6.45) is 2.23. The average Bonchev–Trinajstić information content (AvgIpc) is 3.14. The van der Waals surface area contributed by atoms with Gasteiger partial charge in [-0.3, -0.25) is 0 Å². The largest absolute Gasteiger partial charge is 0.305 e. The Bertz CT molecular complexity index is 844. The van der Waals surface area contributed by atoms with E-state index in [9.17, 15) is 4.39 Å². The van der Waals surface area contributed by atoms with Gasteiger partial charge in [-0.25, -0.2) is 4.39 Å². The smallest absolute Gasteiger partial charge is 0.191 e. The van der Waals surface area contributed by atoms with Crippen molar-refractivity contribution in [2.75, 3.05) is 0 Å². The molecule has 0 atom stereocenters. The molecule has 7 heteroatoms. The summed E-state index contributed by atoms with van der Waals surface area (Å²) in [6.45, 7) is 2.18. The fourth-order valence-electron chi connectivity index (χ4n) is 2.35. The minimum atomic E-state index is -0.324. The predicted molar refractivity (Wildman–Crippen MR) is 99.3 cm³/mol. The molecule has 0 saturated heterocycles. The van der Waals surface area contributed by atoms with E-state index in [-0.39, 0.29) is 5.82 Å². The van der Waals surface area contributed by atoms with Crippen molar-refractivity contribution >= 4 is 34.7 Å². The molecule has 0 saturated carbocycles. The average molecular weight is 382 g/mol. The van der Waals surface area contributed by atoms with Gasteiger partial charge in [0.1, 0.15) is 5.82 Å². The molecule has 0 aliphatic heterocycles. The Morgan fingerprint density at radius 2 is 2.12 bits per heavy atom. The molecule has 0 amide bonds. The van der Waals surface area contributed by atoms with Gasteiger partial charge in [0.05, 0.1) is 0 Å². The number of thioether (sulfide) groups is 1. The van der Waals surface area contributed by atoms with Crippen molar-refractivity contribution < 1.29 is 4.39 Å². The van der Waals surface area contributed by atoms with Crippen LogP contribution in [0.3, 0.4) is 0 Å². The molecule has 2 heterocycles. The van der Waals surface area contributed by atoms with Gasteiger partial charge in [0, 0.05) is 33.6 Å². The van der Waals surface area contributed by atoms with E-state index in [2.05, 4.69) is 28.6 Å². The van der Waals surface area contributed by atoms with Crippen molar-refractivity contribution in [3.8, 4) is 11.4 Å². The van der Waals surface area contributed by atoms with Crippen LogP contribution in [0.1, 0.15) is 23.8 Å². The van der Waals surface area contributed by atoms with Crippen molar-refractivity contribution in [2.45, 2.75) is 30.7 Å². The zero-order valence-electron chi connectivity index (χ0n) is 13.4. The van der Waals surface area contributed by atoms with Gasteiger partial charge in [0.15, 0.2) is 11.0 Å². The molecule has 3 rings (SSSR count). The summed E-state index contributed by atoms with van der Waals surface area (Å²) >= 11 is 9.37. The topological polar surface area (TPSA) is 30.7 Å². The number of rotatable bonds is 6. The molecule has 0 aliphatic rings. The van der Waals surface area contributed by atoms with E-state index in [1.165, 1.54) is 28.8 Å². The lowest BCUT2D eigenvalue weighted by Gasteiger charge is -2.05. The summed E-state index contributed by atoms with van der Waals surface area (Å²) in [7, 11) is 1.96. The zero-order chi connectivity index (χ0) is 17.1. The monoisotopic (exact) mass is 381 g/mol. The van der Waals surface area contributed by atoms with Crippen LogP contribution in [-0.4, -0.2) is 14.8 Å². The molecule has 0 fully saturated rings. The van der Waals surface area contributed by atoms with Crippen molar-refractivity contribution in [1.82, 2.24) is 14.8 Å². The van der Waals surface area contributed by atoms with E-state index in [4.69, 9.17) is 11.6 Å². The van der Waals surface area contributed by atoms with Crippen LogP contribution in [0.5, 0.6) is 0 Å². The van der Waals surface area contributed by atoms with Gasteiger partial charge in [-0.1, -0.05) is 42.8 Å². The van der Waals surface area contributed by atoms with Gasteiger partial charge in [0.2, 0.25) is 0 Å². The lowest BCUT2D eigenvalue weighted by molar-refractivity contribution is 0.627. The van der Waals surface area contributed by atoms with E-state index in [0.717, 1.165) is 34.9 Å². The number of thiophene rings is 1. The van der Waals surface area contributed by atoms with Crippen molar-refractivity contribution in [3.05, 3.63) is 50.9 Å². The lowest BCUT2D eigenvalue weighted by Crippen LogP contribution is -1.94. The SMILES string of the molecule is CCCc1cc(-c2nnc(SCc3ccc(F)cc3Cl)n2C)cs1. The molecule has 0 aliphatic carbocycles. The molecule has 1 aromatic carbocycles. The number of benzene rings is 1. The standard InChI is InChI=1S/C17H17ClFN3S2/c1-3-4-14-7-12(10-23-14)16-20-21-17(22(16)2)24-9-11-5-6-13(19)8-15(11)18/h5-8,10H,3-4,9H2,1-2H3. The summed E-state index contributed by atoms with van der Waals surface area (Å²) < 4.78 is 15.1. The second-order valence-corrected chi connectivity index (χ2v) is 7.79. The molecule has 24 heavy (non-hydrogen) atoms. The maximum Gasteiger partial charge on any atom is 0.191 e. The number of hydrogen-bond donors (Lipinski definition) is 0. The van der Waals surface area contributed by atoms with Gasteiger partial charge in [-0.2, -0.15) is 0 Å². The summed E-state index contributed by atoms with van der Waals surface area (Å²) in [5.41, 5.74) is 1.98. The maximum atomic E-state index is 13.1. The Labute approximate surface area is 153 Å². The molecule has 0 spiro atoms. The van der Waals surface area contributed by atoms with Crippen LogP contribution >= 0.6 is 34.7 Å². The third-order valence-electron chi connectivity index (χ3n) is 3.62. The molecule has 126 valence electrons. The van der Waals surface area contributed by atoms with Crippen LogP contribution in [0.4, 0.5) is 4.39 Å². The normalized spacial score (nSPS) is 11.2. The summed E-state index contributed by atoms with van der Waals surface area (Å²) in [4.78, 5) is 1.36. The molecule has 0 unspecified atom stereocenters. The lowest BCUT2D eigenvalue weighted by atomic mass is 10.2. The highest BCUT2D eigenvalue weighted by Gasteiger charge is 2.13.